The van der Waals surface area contributed by atoms with Crippen LogP contribution in [0.4, 0.5) is 0 Å². The largest absolute Gasteiger partial charge is 0.394 e. The van der Waals surface area contributed by atoms with Crippen LogP contribution in [0.5, 0.6) is 0 Å². The van der Waals surface area contributed by atoms with Gasteiger partial charge in [-0.25, -0.2) is 0 Å². The molecule has 9 heteroatoms. The van der Waals surface area contributed by atoms with Crippen molar-refractivity contribution in [2.75, 3.05) is 13.2 Å². The molecule has 1 rings (SSSR count). The molecule has 0 spiro atoms. The van der Waals surface area contributed by atoms with E-state index in [9.17, 15) is 30.3 Å². The summed E-state index contributed by atoms with van der Waals surface area (Å²) >= 11 is 0. The summed E-state index contributed by atoms with van der Waals surface area (Å²) in [6.07, 6.45) is 40.6. The highest BCUT2D eigenvalue weighted by atomic mass is 16.7. The third-order valence-corrected chi connectivity index (χ3v) is 9.82. The molecule has 1 amide bonds. The summed E-state index contributed by atoms with van der Waals surface area (Å²) in [7, 11) is 0. The van der Waals surface area contributed by atoms with E-state index in [1.54, 1.807) is 0 Å². The van der Waals surface area contributed by atoms with Gasteiger partial charge in [-0.05, 0) is 64.2 Å². The summed E-state index contributed by atoms with van der Waals surface area (Å²) in [5.74, 6) is -0.175. The summed E-state index contributed by atoms with van der Waals surface area (Å²) in [4.78, 5) is 12.9. The molecule has 6 N–H and O–H groups in total. The van der Waals surface area contributed by atoms with E-state index in [2.05, 4.69) is 92.1 Å². The Morgan fingerprint density at radius 3 is 1.67 bits per heavy atom. The lowest BCUT2D eigenvalue weighted by Crippen LogP contribution is -2.60. The van der Waals surface area contributed by atoms with Crippen LogP contribution >= 0.6 is 0 Å². The maximum atomic E-state index is 12.9. The van der Waals surface area contributed by atoms with E-state index in [-0.39, 0.29) is 12.5 Å². The molecule has 1 saturated heterocycles. The van der Waals surface area contributed by atoms with Crippen molar-refractivity contribution in [1.82, 2.24) is 5.32 Å². The minimum atomic E-state index is -1.56. The van der Waals surface area contributed by atoms with Gasteiger partial charge in [-0.1, -0.05) is 157 Å². The van der Waals surface area contributed by atoms with Crippen molar-refractivity contribution in [3.8, 4) is 0 Å². The van der Waals surface area contributed by atoms with Gasteiger partial charge in [0.25, 0.3) is 0 Å². The number of hydrogen-bond donors (Lipinski definition) is 6. The van der Waals surface area contributed by atoms with Crippen LogP contribution in [0.25, 0.3) is 0 Å². The molecule has 0 bridgehead atoms. The zero-order chi connectivity index (χ0) is 40.2. The van der Waals surface area contributed by atoms with Crippen molar-refractivity contribution in [3.63, 3.8) is 0 Å². The van der Waals surface area contributed by atoms with Crippen LogP contribution in [0.1, 0.15) is 155 Å². The first-order chi connectivity index (χ1) is 26.8. The van der Waals surface area contributed by atoms with E-state index in [1.807, 2.05) is 0 Å². The number of aliphatic hydroxyl groups excluding tert-OH is 5. The minimum absolute atomic E-state index is 0.154. The number of carbonyl (C=O) groups excluding carboxylic acids is 1. The minimum Gasteiger partial charge on any atom is -0.394 e. The zero-order valence-electron chi connectivity index (χ0n) is 34.4. The Hall–Kier alpha value is -2.37. The summed E-state index contributed by atoms with van der Waals surface area (Å²) < 4.78 is 11.2. The molecular weight excluding hydrogens is 695 g/mol. The monoisotopic (exact) mass is 774 g/mol. The fourth-order valence-corrected chi connectivity index (χ4v) is 6.34. The second-order valence-electron chi connectivity index (χ2n) is 14.8. The Balaban J connectivity index is 2.33. The average Bonchev–Trinajstić information content (AvgIpc) is 3.18. The van der Waals surface area contributed by atoms with Crippen LogP contribution in [0.3, 0.4) is 0 Å². The summed E-state index contributed by atoms with van der Waals surface area (Å²) in [6, 6.07) is -0.734. The predicted octanol–water partition coefficient (Wildman–Crippen LogP) is 8.61. The Kier molecular flexibility index (Phi) is 33.2. The number of ether oxygens (including phenoxy) is 2. The molecule has 0 aromatic rings. The van der Waals surface area contributed by atoms with Crippen molar-refractivity contribution in [3.05, 3.63) is 72.9 Å². The molecule has 0 aromatic carbocycles. The SMILES string of the molecule is CC/C=C\C/C=C\C/C=C\C/C=C\C/C=C\C/C=C\CCCCCCC(=O)NC(COC1OC(CO)C(O)C(O)C1O)C(O)CCCCCCCCCCC. The van der Waals surface area contributed by atoms with Gasteiger partial charge in [-0.3, -0.25) is 4.79 Å². The summed E-state index contributed by atoms with van der Waals surface area (Å²) in [6.45, 7) is 3.65. The van der Waals surface area contributed by atoms with E-state index in [1.165, 1.54) is 38.5 Å². The van der Waals surface area contributed by atoms with Crippen molar-refractivity contribution in [2.24, 2.45) is 0 Å². The van der Waals surface area contributed by atoms with Crippen LogP contribution in [-0.4, -0.2) is 87.5 Å². The number of allylic oxidation sites excluding steroid dienone is 12. The van der Waals surface area contributed by atoms with Gasteiger partial charge in [0.15, 0.2) is 6.29 Å². The highest BCUT2D eigenvalue weighted by molar-refractivity contribution is 5.76. The second-order valence-corrected chi connectivity index (χ2v) is 14.8. The summed E-state index contributed by atoms with van der Waals surface area (Å²) in [5.41, 5.74) is 0. The molecule has 0 radical (unpaired) electrons. The predicted molar refractivity (Wildman–Crippen MR) is 225 cm³/mol. The van der Waals surface area contributed by atoms with Crippen molar-refractivity contribution >= 4 is 5.91 Å². The number of carbonyl (C=O) groups is 1. The molecule has 0 saturated carbocycles. The zero-order valence-corrected chi connectivity index (χ0v) is 34.4. The first kappa shape index (κ1) is 50.6. The van der Waals surface area contributed by atoms with Gasteiger partial charge < -0.3 is 40.3 Å². The maximum Gasteiger partial charge on any atom is 0.220 e. The van der Waals surface area contributed by atoms with Crippen molar-refractivity contribution in [2.45, 2.75) is 198 Å². The Labute approximate surface area is 334 Å². The smallest absolute Gasteiger partial charge is 0.220 e. The van der Waals surface area contributed by atoms with Gasteiger partial charge in [0.05, 0.1) is 25.4 Å². The molecule has 1 fully saturated rings. The van der Waals surface area contributed by atoms with E-state index in [0.717, 1.165) is 89.9 Å². The van der Waals surface area contributed by atoms with Crippen LogP contribution < -0.4 is 5.32 Å². The quantitative estimate of drug-likeness (QED) is 0.0281. The third-order valence-electron chi connectivity index (χ3n) is 9.82. The Morgan fingerprint density at radius 2 is 1.13 bits per heavy atom. The molecule has 9 nitrogen and oxygen atoms in total. The molecule has 1 aliphatic heterocycles. The lowest BCUT2D eigenvalue weighted by atomic mass is 9.99. The number of hydrogen-bond acceptors (Lipinski definition) is 8. The molecule has 0 aromatic heterocycles. The second kappa shape index (κ2) is 36.0. The van der Waals surface area contributed by atoms with Crippen molar-refractivity contribution < 1.29 is 39.8 Å². The molecule has 55 heavy (non-hydrogen) atoms. The molecule has 7 atom stereocenters. The van der Waals surface area contributed by atoms with Gasteiger partial charge >= 0.3 is 0 Å². The number of nitrogens with one attached hydrogen (secondary N) is 1. The van der Waals surface area contributed by atoms with Crippen molar-refractivity contribution in [1.29, 1.82) is 0 Å². The first-order valence-corrected chi connectivity index (χ1v) is 21.6. The van der Waals surface area contributed by atoms with Crippen LogP contribution in [0.15, 0.2) is 72.9 Å². The lowest BCUT2D eigenvalue weighted by Gasteiger charge is -2.40. The van der Waals surface area contributed by atoms with Gasteiger partial charge in [0, 0.05) is 6.42 Å². The highest BCUT2D eigenvalue weighted by Gasteiger charge is 2.44. The average molecular weight is 774 g/mol. The Morgan fingerprint density at radius 1 is 0.636 bits per heavy atom. The number of unbranched alkanes of at least 4 members (excludes halogenated alkanes) is 12. The van der Waals surface area contributed by atoms with Crippen LogP contribution in [-0.2, 0) is 14.3 Å². The van der Waals surface area contributed by atoms with Gasteiger partial charge in [-0.2, -0.15) is 0 Å². The van der Waals surface area contributed by atoms with Crippen LogP contribution in [0, 0.1) is 0 Å². The number of aliphatic hydroxyl groups is 5. The topological polar surface area (TPSA) is 149 Å². The van der Waals surface area contributed by atoms with E-state index in [4.69, 9.17) is 9.47 Å². The molecule has 316 valence electrons. The van der Waals surface area contributed by atoms with E-state index >= 15 is 0 Å². The fraction of sp³-hybridized carbons (Fsp3) is 0.717. The third kappa shape index (κ3) is 27.0. The van der Waals surface area contributed by atoms with E-state index < -0.39 is 49.5 Å². The number of amides is 1. The molecule has 1 heterocycles. The fourth-order valence-electron chi connectivity index (χ4n) is 6.34. The van der Waals surface area contributed by atoms with Gasteiger partial charge in [0.1, 0.15) is 24.4 Å². The molecular formula is C46H79NO8. The van der Waals surface area contributed by atoms with Crippen LogP contribution in [0.2, 0.25) is 0 Å². The standard InChI is InChI=1S/C46H79NO8/c1-3-5-7-9-11-13-14-15-16-17-18-19-20-21-22-23-24-25-26-28-30-32-34-36-42(50)47-39(40(49)35-33-31-29-27-12-10-8-6-4-2)38-54-46-45(53)44(52)43(51)41(37-48)55-46/h5,7,11,13,15-16,18-19,21-22,24-25,39-41,43-46,48-49,51-53H,3-4,6,8-10,12,14,17,20,23,26-38H2,1-2H3,(H,47,50)/b7-5-,13-11-,16-15-,19-18-,22-21-,25-24-. The normalized spacial score (nSPS) is 22.1. The molecule has 7 unspecified atom stereocenters. The maximum absolute atomic E-state index is 12.9. The van der Waals surface area contributed by atoms with Gasteiger partial charge in [-0.15, -0.1) is 0 Å². The summed E-state index contributed by atoms with van der Waals surface area (Å²) in [5, 5.41) is 54.1. The first-order valence-electron chi connectivity index (χ1n) is 21.6. The molecule has 1 aliphatic rings. The van der Waals surface area contributed by atoms with Gasteiger partial charge in [0.2, 0.25) is 5.91 Å². The van der Waals surface area contributed by atoms with E-state index in [0.29, 0.717) is 12.8 Å². The highest BCUT2D eigenvalue weighted by Crippen LogP contribution is 2.23. The lowest BCUT2D eigenvalue weighted by molar-refractivity contribution is -0.302. The Bertz CT molecular complexity index is 1080. The molecule has 0 aliphatic carbocycles. The number of rotatable bonds is 34.